The zero-order chi connectivity index (χ0) is 12.2. The highest BCUT2D eigenvalue weighted by Crippen LogP contribution is 2.01. The second-order valence-corrected chi connectivity index (χ2v) is 5.04. The van der Waals surface area contributed by atoms with Crippen molar-refractivity contribution in [3.05, 3.63) is 0 Å². The molecule has 0 saturated heterocycles. The Balaban J connectivity index is 3.09. The summed E-state index contributed by atoms with van der Waals surface area (Å²) < 4.78 is 0. The van der Waals surface area contributed by atoms with E-state index in [9.17, 15) is 0 Å². The van der Waals surface area contributed by atoms with Crippen molar-refractivity contribution in [3.63, 3.8) is 0 Å². The van der Waals surface area contributed by atoms with Crippen LogP contribution < -0.4 is 5.32 Å². The lowest BCUT2D eigenvalue weighted by molar-refractivity contribution is 0.295. The van der Waals surface area contributed by atoms with E-state index in [0.29, 0.717) is 0 Å². The molecular weight excluding hydrogens is 196 g/mol. The lowest BCUT2D eigenvalue weighted by Gasteiger charge is -2.17. The molecule has 1 N–H and O–H groups in total. The van der Waals surface area contributed by atoms with Crippen LogP contribution in [0.5, 0.6) is 0 Å². The van der Waals surface area contributed by atoms with Gasteiger partial charge in [0.25, 0.3) is 0 Å². The van der Waals surface area contributed by atoms with Crippen LogP contribution in [-0.4, -0.2) is 37.6 Å². The molecule has 0 unspecified atom stereocenters. The van der Waals surface area contributed by atoms with Gasteiger partial charge in [0, 0.05) is 0 Å². The van der Waals surface area contributed by atoms with Gasteiger partial charge >= 0.3 is 0 Å². The van der Waals surface area contributed by atoms with Crippen LogP contribution in [0, 0.1) is 5.92 Å². The summed E-state index contributed by atoms with van der Waals surface area (Å²) in [5.74, 6) is 0.780. The van der Waals surface area contributed by atoms with E-state index in [0.717, 1.165) is 5.92 Å². The molecule has 0 saturated carbocycles. The summed E-state index contributed by atoms with van der Waals surface area (Å²) in [7, 11) is 0. The summed E-state index contributed by atoms with van der Waals surface area (Å²) in [6, 6.07) is 0. The average Bonchev–Trinajstić information content (AvgIpc) is 2.27. The summed E-state index contributed by atoms with van der Waals surface area (Å²) in [6.07, 6.45) is 5.48. The molecule has 0 aromatic rings. The zero-order valence-electron chi connectivity index (χ0n) is 11.9. The van der Waals surface area contributed by atoms with Gasteiger partial charge in [-0.1, -0.05) is 40.5 Å². The van der Waals surface area contributed by atoms with Crippen LogP contribution >= 0.6 is 0 Å². The van der Waals surface area contributed by atoms with Crippen LogP contribution in [0.15, 0.2) is 0 Å². The molecule has 0 spiro atoms. The Morgan fingerprint density at radius 1 is 0.938 bits per heavy atom. The molecule has 0 radical (unpaired) electrons. The molecule has 0 aliphatic carbocycles. The first-order valence-electron chi connectivity index (χ1n) is 7.13. The van der Waals surface area contributed by atoms with Crippen molar-refractivity contribution in [2.75, 3.05) is 32.7 Å². The third-order valence-electron chi connectivity index (χ3n) is 3.02. The number of unbranched alkanes of at least 4 members (excludes halogenated alkanes) is 3. The van der Waals surface area contributed by atoms with Crippen LogP contribution in [-0.2, 0) is 0 Å². The lowest BCUT2D eigenvalue weighted by Crippen LogP contribution is -2.24. The molecule has 0 aromatic carbocycles. The molecule has 0 atom stereocenters. The van der Waals surface area contributed by atoms with Crippen LogP contribution in [0.25, 0.3) is 0 Å². The fraction of sp³-hybridized carbons (Fsp3) is 1.00. The summed E-state index contributed by atoms with van der Waals surface area (Å²) in [6.45, 7) is 15.1. The van der Waals surface area contributed by atoms with Gasteiger partial charge in [0.2, 0.25) is 0 Å². The number of rotatable bonds is 11. The fourth-order valence-corrected chi connectivity index (χ4v) is 1.87. The molecule has 0 amide bonds. The third kappa shape index (κ3) is 10.4. The normalized spacial score (nSPS) is 11.6. The van der Waals surface area contributed by atoms with Crippen molar-refractivity contribution >= 4 is 0 Å². The molecule has 0 aromatic heterocycles. The lowest BCUT2D eigenvalue weighted by atomic mass is 10.1. The van der Waals surface area contributed by atoms with E-state index >= 15 is 0 Å². The number of hydrogen-bond acceptors (Lipinski definition) is 2. The van der Waals surface area contributed by atoms with Crippen molar-refractivity contribution in [1.82, 2.24) is 10.2 Å². The summed E-state index contributed by atoms with van der Waals surface area (Å²) >= 11 is 0. The highest BCUT2D eigenvalue weighted by molar-refractivity contribution is 4.55. The van der Waals surface area contributed by atoms with E-state index in [4.69, 9.17) is 0 Å². The first-order valence-corrected chi connectivity index (χ1v) is 7.13. The van der Waals surface area contributed by atoms with Crippen molar-refractivity contribution in [2.24, 2.45) is 5.92 Å². The minimum atomic E-state index is 0.780. The van der Waals surface area contributed by atoms with Crippen molar-refractivity contribution < 1.29 is 0 Å². The standard InChI is InChI=1S/C14H32N2/c1-5-16(6-2)12-10-8-7-9-11-15-13-14(3)4/h14-15H,5-13H2,1-4H3. The monoisotopic (exact) mass is 228 g/mol. The minimum absolute atomic E-state index is 0.780. The Hall–Kier alpha value is -0.0800. The Kier molecular flexibility index (Phi) is 11.3. The molecule has 16 heavy (non-hydrogen) atoms. The van der Waals surface area contributed by atoms with Gasteiger partial charge in [-0.3, -0.25) is 0 Å². The van der Waals surface area contributed by atoms with Gasteiger partial charge in [-0.2, -0.15) is 0 Å². The Morgan fingerprint density at radius 3 is 2.12 bits per heavy atom. The van der Waals surface area contributed by atoms with Crippen molar-refractivity contribution in [3.8, 4) is 0 Å². The summed E-state index contributed by atoms with van der Waals surface area (Å²) in [5, 5.41) is 3.50. The largest absolute Gasteiger partial charge is 0.316 e. The van der Waals surface area contributed by atoms with Gasteiger partial charge in [-0.15, -0.1) is 0 Å². The van der Waals surface area contributed by atoms with E-state index in [1.54, 1.807) is 0 Å². The molecule has 0 fully saturated rings. The van der Waals surface area contributed by atoms with Gasteiger partial charge in [0.05, 0.1) is 0 Å². The van der Waals surface area contributed by atoms with Crippen molar-refractivity contribution in [2.45, 2.75) is 53.4 Å². The maximum Gasteiger partial charge on any atom is -0.00190 e. The van der Waals surface area contributed by atoms with Gasteiger partial charge in [-0.05, 0) is 51.5 Å². The van der Waals surface area contributed by atoms with Crippen molar-refractivity contribution in [1.29, 1.82) is 0 Å². The predicted octanol–water partition coefficient (Wildman–Crippen LogP) is 3.13. The Labute approximate surface area is 103 Å². The molecule has 0 rings (SSSR count). The average molecular weight is 228 g/mol. The number of hydrogen-bond donors (Lipinski definition) is 1. The SMILES string of the molecule is CCN(CC)CCCCCCNCC(C)C. The van der Waals surface area contributed by atoms with Crippen LogP contribution in [0.3, 0.4) is 0 Å². The quantitative estimate of drug-likeness (QED) is 0.547. The maximum atomic E-state index is 3.50. The molecule has 0 heterocycles. The van der Waals surface area contributed by atoms with E-state index in [2.05, 4.69) is 37.9 Å². The molecular formula is C14H32N2. The predicted molar refractivity (Wildman–Crippen MR) is 74.0 cm³/mol. The smallest absolute Gasteiger partial charge is 0.00190 e. The Morgan fingerprint density at radius 2 is 1.56 bits per heavy atom. The van der Waals surface area contributed by atoms with Crippen LogP contribution in [0.2, 0.25) is 0 Å². The second kappa shape index (κ2) is 11.4. The van der Waals surface area contributed by atoms with E-state index < -0.39 is 0 Å². The minimum Gasteiger partial charge on any atom is -0.316 e. The van der Waals surface area contributed by atoms with Gasteiger partial charge in [-0.25, -0.2) is 0 Å². The molecule has 0 aliphatic rings. The first kappa shape index (κ1) is 15.9. The zero-order valence-corrected chi connectivity index (χ0v) is 11.9. The fourth-order valence-electron chi connectivity index (χ4n) is 1.87. The van der Waals surface area contributed by atoms with Crippen LogP contribution in [0.1, 0.15) is 53.4 Å². The van der Waals surface area contributed by atoms with Gasteiger partial charge in [0.15, 0.2) is 0 Å². The van der Waals surface area contributed by atoms with Crippen LogP contribution in [0.4, 0.5) is 0 Å². The number of nitrogens with zero attached hydrogens (tertiary/aromatic N) is 1. The Bertz CT molecular complexity index is 131. The maximum absolute atomic E-state index is 3.50. The highest BCUT2D eigenvalue weighted by atomic mass is 15.1. The molecule has 2 heteroatoms. The van der Waals surface area contributed by atoms with E-state index in [1.807, 2.05) is 0 Å². The summed E-state index contributed by atoms with van der Waals surface area (Å²) in [5.41, 5.74) is 0. The topological polar surface area (TPSA) is 15.3 Å². The van der Waals surface area contributed by atoms with Gasteiger partial charge < -0.3 is 10.2 Å². The highest BCUT2D eigenvalue weighted by Gasteiger charge is 1.98. The molecule has 0 bridgehead atoms. The van der Waals surface area contributed by atoms with Gasteiger partial charge in [0.1, 0.15) is 0 Å². The van der Waals surface area contributed by atoms with E-state index in [-0.39, 0.29) is 0 Å². The molecule has 2 nitrogen and oxygen atoms in total. The number of nitrogens with one attached hydrogen (secondary N) is 1. The molecule has 0 aliphatic heterocycles. The van der Waals surface area contributed by atoms with E-state index in [1.165, 1.54) is 58.4 Å². The second-order valence-electron chi connectivity index (χ2n) is 5.04. The third-order valence-corrected chi connectivity index (χ3v) is 3.02. The summed E-state index contributed by atoms with van der Waals surface area (Å²) in [4.78, 5) is 2.51. The first-order chi connectivity index (χ1) is 7.70. The molecule has 98 valence electrons.